The van der Waals surface area contributed by atoms with Gasteiger partial charge < -0.3 is 10.2 Å². The summed E-state index contributed by atoms with van der Waals surface area (Å²) in [6.45, 7) is 6.95. The van der Waals surface area contributed by atoms with Crippen molar-refractivity contribution < 1.29 is 0 Å². The molecule has 1 saturated heterocycles. The zero-order valence-electron chi connectivity index (χ0n) is 14.4. The molecular formula is C20H32N2. The summed E-state index contributed by atoms with van der Waals surface area (Å²) >= 11 is 0. The van der Waals surface area contributed by atoms with E-state index in [2.05, 4.69) is 48.3 Å². The van der Waals surface area contributed by atoms with Gasteiger partial charge in [-0.1, -0.05) is 44.7 Å². The fourth-order valence-corrected chi connectivity index (χ4v) is 4.26. The first-order valence-corrected chi connectivity index (χ1v) is 9.32. The average Bonchev–Trinajstić information content (AvgIpc) is 2.55. The topological polar surface area (TPSA) is 15.3 Å². The number of piperidine rings is 1. The first kappa shape index (κ1) is 15.9. The second-order valence-electron chi connectivity index (χ2n) is 7.45. The smallest absolute Gasteiger partial charge is 0.0369 e. The molecule has 3 rings (SSSR count). The third-order valence-electron chi connectivity index (χ3n) is 5.56. The number of hydrogen-bond donors (Lipinski definition) is 1. The van der Waals surface area contributed by atoms with Crippen LogP contribution in [0.4, 0.5) is 5.69 Å². The van der Waals surface area contributed by atoms with E-state index in [0.29, 0.717) is 6.04 Å². The largest absolute Gasteiger partial charge is 0.370 e. The molecule has 2 unspecified atom stereocenters. The molecule has 2 atom stereocenters. The van der Waals surface area contributed by atoms with Crippen molar-refractivity contribution in [3.63, 3.8) is 0 Å². The molecule has 1 aromatic carbocycles. The lowest BCUT2D eigenvalue weighted by Gasteiger charge is -2.41. The molecule has 0 aromatic heterocycles. The third-order valence-corrected chi connectivity index (χ3v) is 5.56. The molecule has 1 aromatic rings. The van der Waals surface area contributed by atoms with Crippen LogP contribution in [-0.4, -0.2) is 25.2 Å². The monoisotopic (exact) mass is 300 g/mol. The Labute approximate surface area is 136 Å². The molecular weight excluding hydrogens is 268 g/mol. The van der Waals surface area contributed by atoms with Crippen LogP contribution in [0.15, 0.2) is 24.3 Å². The Morgan fingerprint density at radius 3 is 2.64 bits per heavy atom. The van der Waals surface area contributed by atoms with E-state index in [1.807, 2.05) is 0 Å². The minimum Gasteiger partial charge on any atom is -0.370 e. The van der Waals surface area contributed by atoms with Crippen molar-refractivity contribution in [3.05, 3.63) is 29.8 Å². The molecule has 2 heteroatoms. The molecule has 2 nitrogen and oxygen atoms in total. The Balaban J connectivity index is 1.66. The average molecular weight is 300 g/mol. The van der Waals surface area contributed by atoms with Crippen molar-refractivity contribution in [2.24, 2.45) is 5.92 Å². The number of hydrogen-bond acceptors (Lipinski definition) is 2. The second-order valence-corrected chi connectivity index (χ2v) is 7.45. The van der Waals surface area contributed by atoms with Crippen LogP contribution in [-0.2, 0) is 0 Å². The number of benzene rings is 1. The van der Waals surface area contributed by atoms with Gasteiger partial charge in [-0.15, -0.1) is 0 Å². The van der Waals surface area contributed by atoms with Crippen LogP contribution in [0.1, 0.15) is 57.4 Å². The van der Waals surface area contributed by atoms with Crippen LogP contribution in [0, 0.1) is 12.8 Å². The van der Waals surface area contributed by atoms with Crippen molar-refractivity contribution >= 4 is 5.69 Å². The van der Waals surface area contributed by atoms with Crippen LogP contribution in [0.2, 0.25) is 0 Å². The summed E-state index contributed by atoms with van der Waals surface area (Å²) in [5.41, 5.74) is 2.78. The number of nitrogens with zero attached hydrogens (tertiary/aromatic N) is 1. The zero-order valence-corrected chi connectivity index (χ0v) is 14.4. The van der Waals surface area contributed by atoms with Gasteiger partial charge in [0.15, 0.2) is 0 Å². The summed E-state index contributed by atoms with van der Waals surface area (Å²) in [4.78, 5) is 2.62. The van der Waals surface area contributed by atoms with Gasteiger partial charge in [0.25, 0.3) is 0 Å². The number of nitrogens with one attached hydrogen (secondary N) is 1. The second kappa shape index (κ2) is 7.50. The van der Waals surface area contributed by atoms with Gasteiger partial charge >= 0.3 is 0 Å². The van der Waals surface area contributed by atoms with E-state index in [1.54, 1.807) is 0 Å². The van der Waals surface area contributed by atoms with Gasteiger partial charge in [0.1, 0.15) is 0 Å². The fraction of sp³-hybridized carbons (Fsp3) is 0.700. The molecule has 122 valence electrons. The Morgan fingerprint density at radius 2 is 1.91 bits per heavy atom. The maximum Gasteiger partial charge on any atom is 0.0369 e. The fourth-order valence-electron chi connectivity index (χ4n) is 4.26. The molecule has 0 bridgehead atoms. The lowest BCUT2D eigenvalue weighted by Crippen LogP contribution is -2.52. The Bertz CT molecular complexity index is 465. The normalized spacial score (nSPS) is 27.1. The molecule has 22 heavy (non-hydrogen) atoms. The van der Waals surface area contributed by atoms with Crippen molar-refractivity contribution in [3.8, 4) is 0 Å². The van der Waals surface area contributed by atoms with Gasteiger partial charge in [-0.25, -0.2) is 0 Å². The Hall–Kier alpha value is -1.02. The summed E-state index contributed by atoms with van der Waals surface area (Å²) in [6.07, 6.45) is 9.71. The van der Waals surface area contributed by atoms with E-state index in [-0.39, 0.29) is 0 Å². The van der Waals surface area contributed by atoms with Gasteiger partial charge in [-0.05, 0) is 49.8 Å². The standard InChI is InChI=1S/C20H32N2/c1-3-17-13-19(21-18-9-5-4-6-10-18)15-22(14-17)20-11-7-8-16(2)12-20/h7-8,11-12,17-19,21H,3-6,9-10,13-15H2,1-2H3. The van der Waals surface area contributed by atoms with Crippen molar-refractivity contribution in [1.82, 2.24) is 5.32 Å². The first-order chi connectivity index (χ1) is 10.7. The molecule has 0 radical (unpaired) electrons. The van der Waals surface area contributed by atoms with E-state index in [4.69, 9.17) is 0 Å². The van der Waals surface area contributed by atoms with Crippen molar-refractivity contribution in [2.45, 2.75) is 70.9 Å². The van der Waals surface area contributed by atoms with Crippen LogP contribution in [0.5, 0.6) is 0 Å². The first-order valence-electron chi connectivity index (χ1n) is 9.32. The summed E-state index contributed by atoms with van der Waals surface area (Å²) in [6, 6.07) is 10.5. The zero-order chi connectivity index (χ0) is 15.4. The van der Waals surface area contributed by atoms with Gasteiger partial charge in [-0.3, -0.25) is 0 Å². The van der Waals surface area contributed by atoms with Crippen molar-refractivity contribution in [1.29, 1.82) is 0 Å². The van der Waals surface area contributed by atoms with E-state index < -0.39 is 0 Å². The summed E-state index contributed by atoms with van der Waals surface area (Å²) in [5, 5.41) is 3.99. The summed E-state index contributed by atoms with van der Waals surface area (Å²) in [5.74, 6) is 0.829. The lowest BCUT2D eigenvalue weighted by molar-refractivity contribution is 0.273. The summed E-state index contributed by atoms with van der Waals surface area (Å²) in [7, 11) is 0. The summed E-state index contributed by atoms with van der Waals surface area (Å²) < 4.78 is 0. The van der Waals surface area contributed by atoms with Crippen LogP contribution >= 0.6 is 0 Å². The SMILES string of the molecule is CCC1CC(NC2CCCCC2)CN(c2cccc(C)c2)C1. The lowest BCUT2D eigenvalue weighted by atomic mass is 9.89. The van der Waals surface area contributed by atoms with Gasteiger partial charge in [0.05, 0.1) is 0 Å². The molecule has 1 aliphatic carbocycles. The molecule has 1 heterocycles. The molecule has 2 fully saturated rings. The molecule has 0 amide bonds. The molecule has 1 N–H and O–H groups in total. The maximum absolute atomic E-state index is 3.99. The molecule has 2 aliphatic rings. The minimum absolute atomic E-state index is 0.669. The highest BCUT2D eigenvalue weighted by Gasteiger charge is 2.28. The highest BCUT2D eigenvalue weighted by Crippen LogP contribution is 2.27. The van der Waals surface area contributed by atoms with E-state index in [9.17, 15) is 0 Å². The predicted octanol–water partition coefficient (Wildman–Crippen LogP) is 4.52. The maximum atomic E-state index is 3.99. The number of anilines is 1. The number of aryl methyl sites for hydroxylation is 1. The predicted molar refractivity (Wildman–Crippen MR) is 95.6 cm³/mol. The van der Waals surface area contributed by atoms with E-state index >= 15 is 0 Å². The quantitative estimate of drug-likeness (QED) is 0.879. The third kappa shape index (κ3) is 4.04. The van der Waals surface area contributed by atoms with Gasteiger partial charge in [-0.2, -0.15) is 0 Å². The highest BCUT2D eigenvalue weighted by atomic mass is 15.2. The molecule has 1 saturated carbocycles. The molecule has 1 aliphatic heterocycles. The Kier molecular flexibility index (Phi) is 5.41. The van der Waals surface area contributed by atoms with Crippen molar-refractivity contribution in [2.75, 3.05) is 18.0 Å². The van der Waals surface area contributed by atoms with Crippen LogP contribution in [0.3, 0.4) is 0 Å². The minimum atomic E-state index is 0.669. The van der Waals surface area contributed by atoms with Crippen LogP contribution < -0.4 is 10.2 Å². The molecule has 0 spiro atoms. The Morgan fingerprint density at radius 1 is 1.09 bits per heavy atom. The van der Waals surface area contributed by atoms with E-state index in [0.717, 1.165) is 12.0 Å². The van der Waals surface area contributed by atoms with Gasteiger partial charge in [0, 0.05) is 30.9 Å². The van der Waals surface area contributed by atoms with Crippen LogP contribution in [0.25, 0.3) is 0 Å². The van der Waals surface area contributed by atoms with Gasteiger partial charge in [0.2, 0.25) is 0 Å². The van der Waals surface area contributed by atoms with E-state index in [1.165, 1.54) is 69.3 Å². The highest BCUT2D eigenvalue weighted by molar-refractivity contribution is 5.49. The number of rotatable bonds is 4.